The number of fused-ring (bicyclic) bond motifs is 1. The van der Waals surface area contributed by atoms with E-state index in [1.807, 2.05) is 11.7 Å². The van der Waals surface area contributed by atoms with Gasteiger partial charge >= 0.3 is 5.97 Å². The zero-order valence-corrected chi connectivity index (χ0v) is 10.8. The van der Waals surface area contributed by atoms with Crippen LogP contribution in [0.15, 0.2) is 6.20 Å². The van der Waals surface area contributed by atoms with Crippen molar-refractivity contribution in [1.29, 1.82) is 0 Å². The fourth-order valence-electron chi connectivity index (χ4n) is 2.82. The molecule has 0 saturated heterocycles. The van der Waals surface area contributed by atoms with Crippen molar-refractivity contribution < 1.29 is 14.7 Å². The minimum Gasteiger partial charge on any atom is -0.480 e. The topological polar surface area (TPSA) is 84.2 Å². The van der Waals surface area contributed by atoms with E-state index in [9.17, 15) is 9.59 Å². The van der Waals surface area contributed by atoms with Crippen LogP contribution in [0.25, 0.3) is 0 Å². The molecule has 1 amide bonds. The molecule has 6 heteroatoms. The van der Waals surface area contributed by atoms with Crippen LogP contribution in [0.3, 0.4) is 0 Å². The summed E-state index contributed by atoms with van der Waals surface area (Å²) in [5.41, 5.74) is 1.000. The Hall–Kier alpha value is -1.85. The average molecular weight is 263 g/mol. The number of carbonyl (C=O) groups is 2. The summed E-state index contributed by atoms with van der Waals surface area (Å²) in [6.07, 6.45) is 5.46. The molecule has 2 aliphatic carbocycles. The summed E-state index contributed by atoms with van der Waals surface area (Å²) in [4.78, 5) is 23.3. The summed E-state index contributed by atoms with van der Waals surface area (Å²) in [5.74, 6) is -1.35. The van der Waals surface area contributed by atoms with Gasteiger partial charge < -0.3 is 10.4 Å². The first kappa shape index (κ1) is 12.2. The number of carboxylic acids is 1. The van der Waals surface area contributed by atoms with Crippen molar-refractivity contribution in [1.82, 2.24) is 15.1 Å². The van der Waals surface area contributed by atoms with Gasteiger partial charge in [-0.2, -0.15) is 5.10 Å². The second-order valence-electron chi connectivity index (χ2n) is 5.48. The Morgan fingerprint density at radius 3 is 2.89 bits per heavy atom. The van der Waals surface area contributed by atoms with Gasteiger partial charge in [-0.3, -0.25) is 14.3 Å². The number of nitrogens with zero attached hydrogens (tertiary/aromatic N) is 2. The molecule has 2 aliphatic rings. The maximum absolute atomic E-state index is 12.1. The maximum atomic E-state index is 12.1. The fraction of sp³-hybridized carbons (Fsp3) is 0.615. The number of aryl methyl sites for hydroxylation is 1. The molecular weight excluding hydrogens is 246 g/mol. The second-order valence-corrected chi connectivity index (χ2v) is 5.48. The van der Waals surface area contributed by atoms with Crippen molar-refractivity contribution in [3.8, 4) is 0 Å². The van der Waals surface area contributed by atoms with E-state index in [4.69, 9.17) is 5.11 Å². The number of carboxylic acid groups (broad SMARTS) is 1. The van der Waals surface area contributed by atoms with Crippen LogP contribution < -0.4 is 5.32 Å². The smallest absolute Gasteiger partial charge is 0.319 e. The molecule has 0 unspecified atom stereocenters. The van der Waals surface area contributed by atoms with Crippen LogP contribution >= 0.6 is 0 Å². The van der Waals surface area contributed by atoms with Crippen LogP contribution in [0.4, 0.5) is 0 Å². The number of aromatic nitrogens is 2. The van der Waals surface area contributed by atoms with Crippen molar-refractivity contribution >= 4 is 11.9 Å². The van der Waals surface area contributed by atoms with Gasteiger partial charge in [0.2, 0.25) is 5.91 Å². The minimum atomic E-state index is -1.17. The van der Waals surface area contributed by atoms with Crippen molar-refractivity contribution in [2.45, 2.75) is 38.1 Å². The molecular formula is C13H17N3O3. The standard InChI is InChI=1S/C13H17N3O3/c1-16-10-4-2-3-9(8(10)7-14-16)15-11(17)13(5-6-13)12(18)19/h7,9H,2-6H2,1H3,(H,15,17)(H,18,19)/t9-/m0/s1. The predicted octanol–water partition coefficient (Wildman–Crippen LogP) is 0.778. The van der Waals surface area contributed by atoms with Crippen molar-refractivity contribution in [3.05, 3.63) is 17.5 Å². The van der Waals surface area contributed by atoms with Gasteiger partial charge in [0.15, 0.2) is 0 Å². The van der Waals surface area contributed by atoms with E-state index in [1.165, 1.54) is 0 Å². The molecule has 1 aromatic rings. The molecule has 0 aromatic carbocycles. The van der Waals surface area contributed by atoms with Crippen LogP contribution in [-0.4, -0.2) is 26.8 Å². The van der Waals surface area contributed by atoms with Crippen LogP contribution in [0.5, 0.6) is 0 Å². The van der Waals surface area contributed by atoms with E-state index in [1.54, 1.807) is 6.20 Å². The number of carbonyl (C=O) groups excluding carboxylic acids is 1. The van der Waals surface area contributed by atoms with Crippen molar-refractivity contribution in [2.75, 3.05) is 0 Å². The molecule has 0 radical (unpaired) electrons. The second kappa shape index (κ2) is 4.08. The van der Waals surface area contributed by atoms with Gasteiger partial charge in [0, 0.05) is 18.3 Å². The molecule has 0 aliphatic heterocycles. The van der Waals surface area contributed by atoms with Gasteiger partial charge in [0.05, 0.1) is 12.2 Å². The Balaban J connectivity index is 1.78. The summed E-state index contributed by atoms with van der Waals surface area (Å²) in [7, 11) is 1.89. The molecule has 0 bridgehead atoms. The molecule has 1 atom stereocenters. The van der Waals surface area contributed by atoms with Crippen LogP contribution in [-0.2, 0) is 23.1 Å². The maximum Gasteiger partial charge on any atom is 0.319 e. The normalized spacial score (nSPS) is 23.5. The minimum absolute atomic E-state index is 0.0956. The Bertz CT molecular complexity index is 545. The molecule has 1 fully saturated rings. The molecule has 1 aromatic heterocycles. The fourth-order valence-corrected chi connectivity index (χ4v) is 2.82. The molecule has 1 heterocycles. The molecule has 6 nitrogen and oxygen atoms in total. The molecule has 2 N–H and O–H groups in total. The van der Waals surface area contributed by atoms with E-state index < -0.39 is 11.4 Å². The SMILES string of the molecule is Cn1ncc2c1CCC[C@@H]2NC(=O)C1(C(=O)O)CC1. The summed E-state index contributed by atoms with van der Waals surface area (Å²) in [5, 5.41) is 16.2. The number of hydrogen-bond donors (Lipinski definition) is 2. The van der Waals surface area contributed by atoms with Gasteiger partial charge in [-0.15, -0.1) is 0 Å². The van der Waals surface area contributed by atoms with Gasteiger partial charge in [-0.05, 0) is 32.1 Å². The summed E-state index contributed by atoms with van der Waals surface area (Å²) < 4.78 is 1.83. The van der Waals surface area contributed by atoms with E-state index in [2.05, 4.69) is 10.4 Å². The van der Waals surface area contributed by atoms with E-state index >= 15 is 0 Å². The van der Waals surface area contributed by atoms with Crippen LogP contribution in [0.1, 0.15) is 43.0 Å². The van der Waals surface area contributed by atoms with Crippen molar-refractivity contribution in [3.63, 3.8) is 0 Å². The molecule has 0 spiro atoms. The van der Waals surface area contributed by atoms with E-state index in [0.717, 1.165) is 30.5 Å². The van der Waals surface area contributed by atoms with Gasteiger partial charge in [-0.25, -0.2) is 0 Å². The first-order chi connectivity index (χ1) is 9.04. The number of hydrogen-bond acceptors (Lipinski definition) is 3. The number of amides is 1. The Kier molecular flexibility index (Phi) is 2.62. The lowest BCUT2D eigenvalue weighted by atomic mass is 9.92. The third-order valence-electron chi connectivity index (χ3n) is 4.28. The highest BCUT2D eigenvalue weighted by Gasteiger charge is 2.57. The summed E-state index contributed by atoms with van der Waals surface area (Å²) >= 11 is 0. The molecule has 1 saturated carbocycles. The Morgan fingerprint density at radius 1 is 1.53 bits per heavy atom. The third-order valence-corrected chi connectivity index (χ3v) is 4.28. The van der Waals surface area contributed by atoms with E-state index in [-0.39, 0.29) is 11.9 Å². The molecule has 19 heavy (non-hydrogen) atoms. The predicted molar refractivity (Wildman–Crippen MR) is 66.3 cm³/mol. The summed E-state index contributed by atoms with van der Waals surface area (Å²) in [6, 6.07) is -0.0956. The quantitative estimate of drug-likeness (QED) is 0.789. The number of aliphatic carboxylic acids is 1. The third kappa shape index (κ3) is 1.82. The van der Waals surface area contributed by atoms with Gasteiger partial charge in [0.25, 0.3) is 0 Å². The Labute approximate surface area is 110 Å². The molecule has 102 valence electrons. The first-order valence-corrected chi connectivity index (χ1v) is 6.60. The van der Waals surface area contributed by atoms with Crippen LogP contribution in [0.2, 0.25) is 0 Å². The van der Waals surface area contributed by atoms with Crippen LogP contribution in [0, 0.1) is 5.41 Å². The first-order valence-electron chi connectivity index (χ1n) is 6.60. The Morgan fingerprint density at radius 2 is 2.26 bits per heavy atom. The zero-order valence-electron chi connectivity index (χ0n) is 10.8. The number of rotatable bonds is 3. The monoisotopic (exact) mass is 263 g/mol. The average Bonchev–Trinajstić information content (AvgIpc) is 3.11. The highest BCUT2D eigenvalue weighted by atomic mass is 16.4. The molecule has 3 rings (SSSR count). The lowest BCUT2D eigenvalue weighted by Gasteiger charge is -2.25. The highest BCUT2D eigenvalue weighted by Crippen LogP contribution is 2.46. The largest absolute Gasteiger partial charge is 0.480 e. The zero-order chi connectivity index (χ0) is 13.6. The lowest BCUT2D eigenvalue weighted by molar-refractivity contribution is -0.149. The van der Waals surface area contributed by atoms with E-state index in [0.29, 0.717) is 12.8 Å². The lowest BCUT2D eigenvalue weighted by Crippen LogP contribution is -2.40. The van der Waals surface area contributed by atoms with Gasteiger partial charge in [0.1, 0.15) is 5.41 Å². The van der Waals surface area contributed by atoms with Gasteiger partial charge in [-0.1, -0.05) is 0 Å². The highest BCUT2D eigenvalue weighted by molar-refractivity contribution is 6.04. The number of nitrogens with one attached hydrogen (secondary N) is 1. The summed E-state index contributed by atoms with van der Waals surface area (Å²) in [6.45, 7) is 0. The van der Waals surface area contributed by atoms with Crippen molar-refractivity contribution in [2.24, 2.45) is 12.5 Å².